The largest absolute Gasteiger partial charge is 0.309 e. The number of fused-ring (bicyclic) bond motifs is 2. The summed E-state index contributed by atoms with van der Waals surface area (Å²) in [4.78, 5) is 22.8. The lowest BCUT2D eigenvalue weighted by atomic mass is 10.3. The predicted molar refractivity (Wildman–Crippen MR) is 51.1 cm³/mol. The maximum Gasteiger partial charge on any atom is 0.268 e. The number of nitrogens with zero attached hydrogens (tertiary/aromatic N) is 3. The first kappa shape index (κ1) is 7.25. The Morgan fingerprint density at radius 2 is 2.21 bits per heavy atom. The molecule has 3 aromatic rings. The number of hydrogen-bond donors (Lipinski definition) is 1. The lowest BCUT2D eigenvalue weighted by molar-refractivity contribution is 1.08. The lowest BCUT2D eigenvalue weighted by Gasteiger charge is -1.97. The third-order valence-electron chi connectivity index (χ3n) is 2.13. The van der Waals surface area contributed by atoms with Gasteiger partial charge in [0.25, 0.3) is 5.56 Å². The summed E-state index contributed by atoms with van der Waals surface area (Å²) in [6.45, 7) is 0. The first-order valence-electron chi connectivity index (χ1n) is 4.16. The minimum absolute atomic E-state index is 0.0978. The number of hydrogen-bond acceptors (Lipinski definition) is 3. The van der Waals surface area contributed by atoms with Crippen molar-refractivity contribution in [3.8, 4) is 0 Å². The van der Waals surface area contributed by atoms with E-state index < -0.39 is 0 Å². The Morgan fingerprint density at radius 3 is 3.14 bits per heavy atom. The third-order valence-corrected chi connectivity index (χ3v) is 2.13. The van der Waals surface area contributed by atoms with Crippen LogP contribution in [0.3, 0.4) is 0 Å². The SMILES string of the molecule is O=c1c2cccnc2[nH]c2nccn12. The quantitative estimate of drug-likeness (QED) is 0.558. The molecule has 0 aliphatic heterocycles. The summed E-state index contributed by atoms with van der Waals surface area (Å²) in [5.74, 6) is 0.515. The zero-order valence-corrected chi connectivity index (χ0v) is 7.14. The Labute approximate surface area is 78.1 Å². The summed E-state index contributed by atoms with van der Waals surface area (Å²) in [6.07, 6.45) is 4.84. The molecule has 0 unspecified atom stereocenters. The van der Waals surface area contributed by atoms with E-state index in [1.165, 1.54) is 4.40 Å². The summed E-state index contributed by atoms with van der Waals surface area (Å²) < 4.78 is 1.46. The van der Waals surface area contributed by atoms with Crippen LogP contribution in [-0.2, 0) is 0 Å². The molecular formula is C9H6N4O. The first-order chi connectivity index (χ1) is 6.86. The van der Waals surface area contributed by atoms with Gasteiger partial charge in [0.2, 0.25) is 5.78 Å². The summed E-state index contributed by atoms with van der Waals surface area (Å²) in [5.41, 5.74) is 0.468. The maximum atomic E-state index is 11.8. The van der Waals surface area contributed by atoms with Gasteiger partial charge in [0, 0.05) is 18.6 Å². The van der Waals surface area contributed by atoms with Crippen molar-refractivity contribution in [2.24, 2.45) is 0 Å². The Bertz CT molecular complexity index is 667. The van der Waals surface area contributed by atoms with Crippen molar-refractivity contribution in [1.29, 1.82) is 0 Å². The monoisotopic (exact) mass is 186 g/mol. The smallest absolute Gasteiger partial charge is 0.268 e. The van der Waals surface area contributed by atoms with E-state index in [1.807, 2.05) is 0 Å². The van der Waals surface area contributed by atoms with Gasteiger partial charge in [-0.3, -0.25) is 9.20 Å². The number of nitrogens with one attached hydrogen (secondary N) is 1. The molecule has 0 spiro atoms. The van der Waals surface area contributed by atoms with Crippen molar-refractivity contribution in [3.63, 3.8) is 0 Å². The van der Waals surface area contributed by atoms with Crippen LogP contribution in [0.2, 0.25) is 0 Å². The second-order valence-corrected chi connectivity index (χ2v) is 2.95. The van der Waals surface area contributed by atoms with Crippen molar-refractivity contribution in [1.82, 2.24) is 19.4 Å². The molecular weight excluding hydrogens is 180 g/mol. The van der Waals surface area contributed by atoms with Crippen molar-refractivity contribution < 1.29 is 0 Å². The van der Waals surface area contributed by atoms with E-state index in [4.69, 9.17) is 0 Å². The molecule has 0 aromatic carbocycles. The minimum atomic E-state index is -0.0978. The van der Waals surface area contributed by atoms with E-state index in [0.717, 1.165) is 0 Å². The summed E-state index contributed by atoms with van der Waals surface area (Å²) >= 11 is 0. The Balaban J connectivity index is 2.70. The van der Waals surface area contributed by atoms with Crippen molar-refractivity contribution in [2.75, 3.05) is 0 Å². The zero-order valence-electron chi connectivity index (χ0n) is 7.14. The third kappa shape index (κ3) is 0.806. The van der Waals surface area contributed by atoms with Gasteiger partial charge in [-0.15, -0.1) is 0 Å². The molecule has 0 amide bonds. The number of pyridine rings is 1. The fourth-order valence-electron chi connectivity index (χ4n) is 1.47. The molecule has 0 radical (unpaired) electrons. The van der Waals surface area contributed by atoms with E-state index in [-0.39, 0.29) is 5.56 Å². The highest BCUT2D eigenvalue weighted by Gasteiger charge is 2.04. The second kappa shape index (κ2) is 2.41. The minimum Gasteiger partial charge on any atom is -0.309 e. The van der Waals surface area contributed by atoms with Gasteiger partial charge in [0.15, 0.2) is 0 Å². The summed E-state index contributed by atoms with van der Waals surface area (Å²) in [6, 6.07) is 3.47. The fraction of sp³-hybridized carbons (Fsp3) is 0. The van der Waals surface area contributed by atoms with Crippen LogP contribution in [0.25, 0.3) is 16.8 Å². The van der Waals surface area contributed by atoms with E-state index in [1.54, 1.807) is 30.7 Å². The molecule has 0 bridgehead atoms. The fourth-order valence-corrected chi connectivity index (χ4v) is 1.47. The molecule has 0 saturated carbocycles. The highest BCUT2D eigenvalue weighted by Crippen LogP contribution is 2.03. The summed E-state index contributed by atoms with van der Waals surface area (Å²) in [7, 11) is 0. The molecule has 5 nitrogen and oxygen atoms in total. The van der Waals surface area contributed by atoms with E-state index >= 15 is 0 Å². The molecule has 1 N–H and O–H groups in total. The maximum absolute atomic E-state index is 11.8. The molecule has 3 aromatic heterocycles. The lowest BCUT2D eigenvalue weighted by Crippen LogP contribution is -2.13. The predicted octanol–water partition coefficient (Wildman–Crippen LogP) is 0.571. The topological polar surface area (TPSA) is 63.0 Å². The van der Waals surface area contributed by atoms with Gasteiger partial charge in [-0.25, -0.2) is 9.97 Å². The van der Waals surface area contributed by atoms with Crippen LogP contribution in [-0.4, -0.2) is 19.4 Å². The number of imidazole rings is 1. The normalized spacial score (nSPS) is 11.1. The Kier molecular flexibility index (Phi) is 1.25. The van der Waals surface area contributed by atoms with Crippen LogP contribution in [0.15, 0.2) is 35.5 Å². The van der Waals surface area contributed by atoms with E-state index in [9.17, 15) is 4.79 Å². The molecule has 0 atom stereocenters. The highest BCUT2D eigenvalue weighted by atomic mass is 16.1. The van der Waals surface area contributed by atoms with Crippen LogP contribution in [0.4, 0.5) is 0 Å². The van der Waals surface area contributed by atoms with Crippen LogP contribution in [0, 0.1) is 0 Å². The van der Waals surface area contributed by atoms with Gasteiger partial charge in [0.1, 0.15) is 5.65 Å². The average Bonchev–Trinajstić information content (AvgIpc) is 2.66. The molecule has 5 heteroatoms. The molecule has 68 valence electrons. The van der Waals surface area contributed by atoms with Gasteiger partial charge in [-0.05, 0) is 12.1 Å². The molecule has 0 fully saturated rings. The molecule has 0 aliphatic carbocycles. The second-order valence-electron chi connectivity index (χ2n) is 2.95. The first-order valence-corrected chi connectivity index (χ1v) is 4.16. The van der Waals surface area contributed by atoms with Gasteiger partial charge in [-0.1, -0.05) is 0 Å². The number of aromatic amines is 1. The number of H-pyrrole nitrogens is 1. The Morgan fingerprint density at radius 1 is 1.29 bits per heavy atom. The van der Waals surface area contributed by atoms with Gasteiger partial charge >= 0.3 is 0 Å². The van der Waals surface area contributed by atoms with Crippen LogP contribution in [0.1, 0.15) is 0 Å². The van der Waals surface area contributed by atoms with Gasteiger partial charge in [0.05, 0.1) is 5.39 Å². The molecule has 0 aliphatic rings. The Hall–Kier alpha value is -2.17. The van der Waals surface area contributed by atoms with Crippen LogP contribution < -0.4 is 5.56 Å². The average molecular weight is 186 g/mol. The van der Waals surface area contributed by atoms with Crippen LogP contribution in [0.5, 0.6) is 0 Å². The van der Waals surface area contributed by atoms with Gasteiger partial charge < -0.3 is 4.98 Å². The number of aromatic nitrogens is 4. The van der Waals surface area contributed by atoms with E-state index in [2.05, 4.69) is 15.0 Å². The van der Waals surface area contributed by atoms with Crippen molar-refractivity contribution in [3.05, 3.63) is 41.1 Å². The molecule has 0 saturated heterocycles. The number of rotatable bonds is 0. The zero-order chi connectivity index (χ0) is 9.54. The van der Waals surface area contributed by atoms with Gasteiger partial charge in [-0.2, -0.15) is 0 Å². The van der Waals surface area contributed by atoms with E-state index in [0.29, 0.717) is 16.8 Å². The molecule has 3 heterocycles. The molecule has 14 heavy (non-hydrogen) atoms. The highest BCUT2D eigenvalue weighted by molar-refractivity contribution is 5.74. The standard InChI is InChI=1S/C9H6N4O/c14-8-6-2-1-3-10-7(6)12-9-11-4-5-13(8)9/h1-5H,(H,10,11,12). The van der Waals surface area contributed by atoms with Crippen LogP contribution >= 0.6 is 0 Å². The summed E-state index contributed by atoms with van der Waals surface area (Å²) in [5, 5.41) is 0.568. The van der Waals surface area contributed by atoms with Crippen molar-refractivity contribution >= 4 is 16.8 Å². The van der Waals surface area contributed by atoms with Crippen molar-refractivity contribution in [2.45, 2.75) is 0 Å². The molecule has 3 rings (SSSR count).